The Balaban J connectivity index is 2.64. The molecule has 76 valence electrons. The normalized spacial score (nSPS) is 18.5. The van der Waals surface area contributed by atoms with Gasteiger partial charge in [0.05, 0.1) is 12.4 Å². The number of rotatable bonds is 1. The van der Waals surface area contributed by atoms with Crippen LogP contribution in [0.3, 0.4) is 0 Å². The van der Waals surface area contributed by atoms with Gasteiger partial charge < -0.3 is 10.1 Å². The Bertz CT molecular complexity index is 323. The average molecular weight is 196 g/mol. The molecule has 1 rings (SSSR count). The van der Waals surface area contributed by atoms with Crippen LogP contribution in [-0.2, 0) is 14.3 Å². The quantitative estimate of drug-likeness (QED) is 0.486. The van der Waals surface area contributed by atoms with Crippen LogP contribution >= 0.6 is 0 Å². The highest BCUT2D eigenvalue weighted by atomic mass is 16.6. The Morgan fingerprint density at radius 2 is 2.21 bits per heavy atom. The number of nitrogens with zero attached hydrogens (tertiary/aromatic N) is 1. The van der Waals surface area contributed by atoms with Gasteiger partial charge in [-0.3, -0.25) is 4.79 Å². The third kappa shape index (κ3) is 3.01. The Hall–Kier alpha value is -1.65. The lowest BCUT2D eigenvalue weighted by molar-refractivity contribution is -0.148. The van der Waals surface area contributed by atoms with Crippen molar-refractivity contribution in [2.75, 3.05) is 0 Å². The molecule has 5 heteroatoms. The molecule has 0 bridgehead atoms. The molecule has 0 radical (unpaired) electrons. The van der Waals surface area contributed by atoms with E-state index in [1.54, 1.807) is 20.8 Å². The van der Waals surface area contributed by atoms with Crippen LogP contribution in [0.25, 0.3) is 0 Å². The molecule has 0 unspecified atom stereocenters. The van der Waals surface area contributed by atoms with Crippen molar-refractivity contribution in [1.82, 2.24) is 5.32 Å². The predicted molar refractivity (Wildman–Crippen MR) is 50.6 cm³/mol. The van der Waals surface area contributed by atoms with E-state index < -0.39 is 17.5 Å². The van der Waals surface area contributed by atoms with E-state index in [-0.39, 0.29) is 5.70 Å². The SMILES string of the molecule is CC(C)(C)OC(=O)C=C1N=CNC1=O. The van der Waals surface area contributed by atoms with E-state index in [1.165, 1.54) is 6.34 Å². The van der Waals surface area contributed by atoms with Crippen LogP contribution in [-0.4, -0.2) is 23.8 Å². The van der Waals surface area contributed by atoms with Gasteiger partial charge in [0.25, 0.3) is 5.91 Å². The fraction of sp³-hybridized carbons (Fsp3) is 0.444. The van der Waals surface area contributed by atoms with Gasteiger partial charge in [0.1, 0.15) is 11.3 Å². The maximum atomic E-state index is 11.2. The molecular formula is C9H12N2O3. The van der Waals surface area contributed by atoms with E-state index in [2.05, 4.69) is 10.3 Å². The minimum absolute atomic E-state index is 0.0688. The van der Waals surface area contributed by atoms with Crippen molar-refractivity contribution in [3.05, 3.63) is 11.8 Å². The summed E-state index contributed by atoms with van der Waals surface area (Å²) >= 11 is 0. The zero-order chi connectivity index (χ0) is 10.8. The van der Waals surface area contributed by atoms with Gasteiger partial charge in [-0.05, 0) is 20.8 Å². The van der Waals surface area contributed by atoms with Crippen molar-refractivity contribution < 1.29 is 14.3 Å². The summed E-state index contributed by atoms with van der Waals surface area (Å²) in [7, 11) is 0. The highest BCUT2D eigenvalue weighted by Gasteiger charge is 2.18. The van der Waals surface area contributed by atoms with Crippen molar-refractivity contribution in [2.45, 2.75) is 26.4 Å². The fourth-order valence-corrected chi connectivity index (χ4v) is 0.839. The van der Waals surface area contributed by atoms with Crippen LogP contribution in [0.2, 0.25) is 0 Å². The van der Waals surface area contributed by atoms with Crippen LogP contribution in [0, 0.1) is 0 Å². The molecule has 0 atom stereocenters. The number of ether oxygens (including phenoxy) is 1. The largest absolute Gasteiger partial charge is 0.457 e. The highest BCUT2D eigenvalue weighted by Crippen LogP contribution is 2.09. The van der Waals surface area contributed by atoms with Crippen LogP contribution in [0.1, 0.15) is 20.8 Å². The monoisotopic (exact) mass is 196 g/mol. The van der Waals surface area contributed by atoms with E-state index >= 15 is 0 Å². The lowest BCUT2D eigenvalue weighted by Crippen LogP contribution is -2.23. The summed E-state index contributed by atoms with van der Waals surface area (Å²) in [6.07, 6.45) is 2.31. The Morgan fingerprint density at radius 1 is 1.57 bits per heavy atom. The second-order valence-electron chi connectivity index (χ2n) is 3.79. The van der Waals surface area contributed by atoms with Crippen molar-refractivity contribution in [2.24, 2.45) is 4.99 Å². The smallest absolute Gasteiger partial charge is 0.333 e. The first kappa shape index (κ1) is 10.4. The van der Waals surface area contributed by atoms with Crippen molar-refractivity contribution >= 4 is 18.2 Å². The second kappa shape index (κ2) is 3.61. The number of nitrogens with one attached hydrogen (secondary N) is 1. The predicted octanol–water partition coefficient (Wildman–Crippen LogP) is 0.370. The third-order valence-corrected chi connectivity index (χ3v) is 1.29. The van der Waals surface area contributed by atoms with Crippen molar-refractivity contribution in [3.8, 4) is 0 Å². The first-order valence-corrected chi connectivity index (χ1v) is 4.16. The highest BCUT2D eigenvalue weighted by molar-refractivity contribution is 6.08. The number of hydrogen-bond acceptors (Lipinski definition) is 4. The number of carbonyl (C=O) groups is 2. The number of esters is 1. The Labute approximate surface area is 81.8 Å². The van der Waals surface area contributed by atoms with Gasteiger partial charge in [-0.15, -0.1) is 0 Å². The van der Waals surface area contributed by atoms with Crippen LogP contribution in [0.4, 0.5) is 0 Å². The summed E-state index contributed by atoms with van der Waals surface area (Å²) in [6.45, 7) is 5.25. The molecule has 0 aliphatic carbocycles. The molecule has 1 aliphatic heterocycles. The topological polar surface area (TPSA) is 67.8 Å². The van der Waals surface area contributed by atoms with Gasteiger partial charge in [0.2, 0.25) is 0 Å². The first-order valence-electron chi connectivity index (χ1n) is 4.16. The standard InChI is InChI=1S/C9H12N2O3/c1-9(2,3)14-7(12)4-6-8(13)11-5-10-6/h4-5H,1-3H3,(H,10,11,13). The van der Waals surface area contributed by atoms with Gasteiger partial charge in [0.15, 0.2) is 0 Å². The summed E-state index contributed by atoms with van der Waals surface area (Å²) in [5.41, 5.74) is -0.494. The summed E-state index contributed by atoms with van der Waals surface area (Å²) in [6, 6.07) is 0. The Kier molecular flexibility index (Phi) is 2.69. The van der Waals surface area contributed by atoms with Crippen LogP contribution in [0.5, 0.6) is 0 Å². The summed E-state index contributed by atoms with van der Waals surface area (Å²) in [5, 5.41) is 2.33. The minimum atomic E-state index is -0.568. The average Bonchev–Trinajstić information content (AvgIpc) is 2.32. The van der Waals surface area contributed by atoms with E-state index in [4.69, 9.17) is 4.74 Å². The summed E-state index contributed by atoms with van der Waals surface area (Å²) in [5.74, 6) is -0.961. The van der Waals surface area contributed by atoms with E-state index in [1.807, 2.05) is 0 Å². The number of carbonyl (C=O) groups excluding carboxylic acids is 2. The summed E-state index contributed by atoms with van der Waals surface area (Å²) < 4.78 is 4.98. The molecular weight excluding hydrogens is 184 g/mol. The van der Waals surface area contributed by atoms with E-state index in [9.17, 15) is 9.59 Å². The maximum Gasteiger partial charge on any atom is 0.333 e. The molecule has 1 heterocycles. The number of aliphatic imine (C=N–C) groups is 1. The lowest BCUT2D eigenvalue weighted by atomic mass is 10.2. The van der Waals surface area contributed by atoms with Crippen molar-refractivity contribution in [1.29, 1.82) is 0 Å². The molecule has 1 N–H and O–H groups in total. The zero-order valence-electron chi connectivity index (χ0n) is 8.33. The van der Waals surface area contributed by atoms with Gasteiger partial charge >= 0.3 is 5.97 Å². The molecule has 0 saturated heterocycles. The maximum absolute atomic E-state index is 11.2. The molecule has 0 saturated carbocycles. The van der Waals surface area contributed by atoms with E-state index in [0.717, 1.165) is 6.08 Å². The molecule has 0 fully saturated rings. The molecule has 0 spiro atoms. The molecule has 1 aliphatic rings. The second-order valence-corrected chi connectivity index (χ2v) is 3.79. The molecule has 1 amide bonds. The number of hydrogen-bond donors (Lipinski definition) is 1. The van der Waals surface area contributed by atoms with Gasteiger partial charge in [0, 0.05) is 0 Å². The summed E-state index contributed by atoms with van der Waals surface area (Å²) in [4.78, 5) is 25.8. The molecule has 0 aromatic carbocycles. The fourth-order valence-electron chi connectivity index (χ4n) is 0.839. The molecule has 0 aromatic heterocycles. The first-order chi connectivity index (χ1) is 6.38. The zero-order valence-corrected chi connectivity index (χ0v) is 8.33. The third-order valence-electron chi connectivity index (χ3n) is 1.29. The van der Waals surface area contributed by atoms with Gasteiger partial charge in [-0.2, -0.15) is 0 Å². The molecule has 0 aromatic rings. The molecule has 14 heavy (non-hydrogen) atoms. The van der Waals surface area contributed by atoms with Crippen molar-refractivity contribution in [3.63, 3.8) is 0 Å². The minimum Gasteiger partial charge on any atom is -0.457 e. The van der Waals surface area contributed by atoms with Gasteiger partial charge in [-0.25, -0.2) is 9.79 Å². The lowest BCUT2D eigenvalue weighted by Gasteiger charge is -2.17. The number of amides is 1. The van der Waals surface area contributed by atoms with Crippen LogP contribution < -0.4 is 5.32 Å². The molecule has 5 nitrogen and oxygen atoms in total. The Morgan fingerprint density at radius 3 is 2.64 bits per heavy atom. The van der Waals surface area contributed by atoms with Crippen LogP contribution in [0.15, 0.2) is 16.8 Å². The van der Waals surface area contributed by atoms with E-state index in [0.29, 0.717) is 0 Å². The van der Waals surface area contributed by atoms with Gasteiger partial charge in [-0.1, -0.05) is 0 Å².